The van der Waals surface area contributed by atoms with Crippen molar-refractivity contribution in [3.63, 3.8) is 0 Å². The predicted molar refractivity (Wildman–Crippen MR) is 128 cm³/mol. The van der Waals surface area contributed by atoms with Crippen LogP contribution in [-0.2, 0) is 30.3 Å². The van der Waals surface area contributed by atoms with Gasteiger partial charge in [0, 0.05) is 6.61 Å². The number of benzene rings is 1. The van der Waals surface area contributed by atoms with Gasteiger partial charge in [0.1, 0.15) is 18.5 Å². The molecule has 0 spiro atoms. The van der Waals surface area contributed by atoms with Crippen molar-refractivity contribution in [2.75, 3.05) is 25.8 Å². The highest BCUT2D eigenvalue weighted by Crippen LogP contribution is 2.16. The summed E-state index contributed by atoms with van der Waals surface area (Å²) in [5, 5.41) is 0. The minimum Gasteiger partial charge on any atom is -0.491 e. The molecule has 8 heteroatoms. The molecule has 0 aliphatic carbocycles. The summed E-state index contributed by atoms with van der Waals surface area (Å²) in [6.45, 7) is 6.79. The molecule has 0 amide bonds. The summed E-state index contributed by atoms with van der Waals surface area (Å²) in [5.74, 6) is 4.80. The van der Waals surface area contributed by atoms with E-state index in [2.05, 4.69) is 29.9 Å². The summed E-state index contributed by atoms with van der Waals surface area (Å²) in [6.07, 6.45) is 13.1. The number of allylic oxidation sites excluding steroid dienone is 1. The van der Waals surface area contributed by atoms with Gasteiger partial charge in [-0.05, 0) is 43.4 Å². The monoisotopic (exact) mass is 471 g/mol. The molecule has 1 aromatic carbocycles. The first-order valence-electron chi connectivity index (χ1n) is 11.6. The topological polar surface area (TPSA) is 97.1 Å². The molecule has 0 aliphatic heterocycles. The molecule has 0 heterocycles. The minimum atomic E-state index is -3.93. The fourth-order valence-electron chi connectivity index (χ4n) is 3.12. The molecule has 2 N–H and O–H groups in total. The molecule has 0 aliphatic rings. The first kappa shape index (κ1) is 28.6. The Hall–Kier alpha value is -1.45. The zero-order valence-corrected chi connectivity index (χ0v) is 20.3. The molecule has 0 aromatic heterocycles. The first-order chi connectivity index (χ1) is 15.5. The molecule has 1 rings (SSSR count). The maximum absolute atomic E-state index is 11.4. The van der Waals surface area contributed by atoms with Crippen LogP contribution in [0.1, 0.15) is 70.3 Å². The summed E-state index contributed by atoms with van der Waals surface area (Å²) in [4.78, 5) is 0. The van der Waals surface area contributed by atoms with Gasteiger partial charge < -0.3 is 14.2 Å². The predicted octanol–water partition coefficient (Wildman–Crippen LogP) is 4.90. The Morgan fingerprint density at radius 3 is 2.34 bits per heavy atom. The molecule has 32 heavy (non-hydrogen) atoms. The Labute approximate surface area is 194 Å². The van der Waals surface area contributed by atoms with Gasteiger partial charge in [-0.25, -0.2) is 0 Å². The number of nitrogens with two attached hydrogens (primary N) is 1. The third kappa shape index (κ3) is 14.6. The number of ether oxygens (including phenoxy) is 3. The van der Waals surface area contributed by atoms with Crippen molar-refractivity contribution in [3.05, 3.63) is 42.5 Å². The van der Waals surface area contributed by atoms with Crippen molar-refractivity contribution in [1.29, 1.82) is 0 Å². The van der Waals surface area contributed by atoms with E-state index in [0.717, 1.165) is 19.3 Å². The highest BCUT2D eigenvalue weighted by molar-refractivity contribution is 7.86. The second-order valence-electron chi connectivity index (χ2n) is 7.89. The van der Waals surface area contributed by atoms with Crippen LogP contribution in [0.4, 0.5) is 0 Å². The average Bonchev–Trinajstić information content (AvgIpc) is 2.80. The number of hydrogen-bond acceptors (Lipinski definition) is 7. The smallest absolute Gasteiger partial charge is 0.307 e. The molecular formula is C24H41NO6S. The SMILES string of the molecule is C=CCCCOCC(COc1ccc(CCCCCCCCC)cc1)OCS(=O)(=O)ON. The van der Waals surface area contributed by atoms with Gasteiger partial charge in [0.2, 0.25) is 0 Å². The molecule has 0 radical (unpaired) electrons. The lowest BCUT2D eigenvalue weighted by Gasteiger charge is -2.18. The molecular weight excluding hydrogens is 430 g/mol. The summed E-state index contributed by atoms with van der Waals surface area (Å²) < 4.78 is 43.6. The molecule has 0 bridgehead atoms. The Morgan fingerprint density at radius 2 is 1.69 bits per heavy atom. The van der Waals surface area contributed by atoms with Gasteiger partial charge in [-0.3, -0.25) is 0 Å². The Balaban J connectivity index is 2.40. The molecule has 184 valence electrons. The summed E-state index contributed by atoms with van der Waals surface area (Å²) in [6, 6.07) is 8.00. The fraction of sp³-hybridized carbons (Fsp3) is 0.667. The number of rotatable bonds is 21. The summed E-state index contributed by atoms with van der Waals surface area (Å²) >= 11 is 0. The standard InChI is InChI=1S/C24H41NO6S/c1-3-5-7-8-9-10-11-13-22-14-16-23(17-15-22)29-20-24(19-28-18-12-6-4-2)30-21-32(26,27)31-25/h4,14-17,24H,2-3,5-13,18-21,25H2,1H3. The van der Waals surface area contributed by atoms with E-state index >= 15 is 0 Å². The first-order valence-corrected chi connectivity index (χ1v) is 13.2. The van der Waals surface area contributed by atoms with E-state index in [1.165, 1.54) is 50.5 Å². The maximum Gasteiger partial charge on any atom is 0.307 e. The van der Waals surface area contributed by atoms with Gasteiger partial charge in [-0.15, -0.1) is 6.58 Å². The number of hydrogen-bond donors (Lipinski definition) is 1. The molecule has 7 nitrogen and oxygen atoms in total. The van der Waals surface area contributed by atoms with Crippen LogP contribution in [0.25, 0.3) is 0 Å². The van der Waals surface area contributed by atoms with E-state index in [0.29, 0.717) is 12.4 Å². The van der Waals surface area contributed by atoms with E-state index < -0.39 is 22.2 Å². The summed E-state index contributed by atoms with van der Waals surface area (Å²) in [5.41, 5.74) is 1.29. The van der Waals surface area contributed by atoms with E-state index in [4.69, 9.17) is 20.1 Å². The zero-order valence-electron chi connectivity index (χ0n) is 19.5. The minimum absolute atomic E-state index is 0.151. The highest BCUT2D eigenvalue weighted by atomic mass is 32.2. The molecule has 1 atom stereocenters. The number of aryl methyl sites for hydroxylation is 1. The van der Waals surface area contributed by atoms with Gasteiger partial charge in [0.05, 0.1) is 6.61 Å². The lowest BCUT2D eigenvalue weighted by Crippen LogP contribution is -2.30. The zero-order chi connectivity index (χ0) is 23.5. The van der Waals surface area contributed by atoms with Crippen molar-refractivity contribution in [2.45, 2.75) is 77.2 Å². The van der Waals surface area contributed by atoms with Crippen LogP contribution in [-0.4, -0.2) is 40.3 Å². The highest BCUT2D eigenvalue weighted by Gasteiger charge is 2.17. The molecule has 1 unspecified atom stereocenters. The van der Waals surface area contributed by atoms with Crippen LogP contribution in [0, 0.1) is 0 Å². The molecule has 1 aromatic rings. The van der Waals surface area contributed by atoms with Crippen LogP contribution in [0.2, 0.25) is 0 Å². The third-order valence-electron chi connectivity index (χ3n) is 5.02. The lowest BCUT2D eigenvalue weighted by atomic mass is 10.0. The fourth-order valence-corrected chi connectivity index (χ4v) is 3.54. The summed E-state index contributed by atoms with van der Waals surface area (Å²) in [7, 11) is -3.93. The van der Waals surface area contributed by atoms with Crippen molar-refractivity contribution in [2.24, 2.45) is 5.90 Å². The normalized spacial score (nSPS) is 12.6. The van der Waals surface area contributed by atoms with Gasteiger partial charge in [-0.1, -0.05) is 63.7 Å². The van der Waals surface area contributed by atoms with Gasteiger partial charge in [0.15, 0.2) is 5.94 Å². The van der Waals surface area contributed by atoms with Gasteiger partial charge in [0.25, 0.3) is 0 Å². The van der Waals surface area contributed by atoms with E-state index in [-0.39, 0.29) is 13.2 Å². The lowest BCUT2D eigenvalue weighted by molar-refractivity contribution is -0.0237. The van der Waals surface area contributed by atoms with Crippen LogP contribution in [0.5, 0.6) is 5.75 Å². The number of unbranched alkanes of at least 4 members (excludes halogenated alkanes) is 7. The van der Waals surface area contributed by atoms with Crippen LogP contribution < -0.4 is 10.6 Å². The van der Waals surface area contributed by atoms with Crippen molar-refractivity contribution in [3.8, 4) is 5.75 Å². The van der Waals surface area contributed by atoms with E-state index in [1.807, 2.05) is 18.2 Å². The maximum atomic E-state index is 11.4. The third-order valence-corrected chi connectivity index (χ3v) is 5.74. The molecule has 0 saturated heterocycles. The van der Waals surface area contributed by atoms with Crippen LogP contribution in [0.15, 0.2) is 36.9 Å². The van der Waals surface area contributed by atoms with E-state index in [9.17, 15) is 8.42 Å². The Bertz CT molecular complexity index is 693. The average molecular weight is 472 g/mol. The van der Waals surface area contributed by atoms with Gasteiger partial charge in [-0.2, -0.15) is 18.6 Å². The van der Waals surface area contributed by atoms with Crippen LogP contribution >= 0.6 is 0 Å². The van der Waals surface area contributed by atoms with Crippen molar-refractivity contribution >= 4 is 10.1 Å². The second kappa shape index (κ2) is 18.0. The largest absolute Gasteiger partial charge is 0.491 e. The van der Waals surface area contributed by atoms with Crippen LogP contribution in [0.3, 0.4) is 0 Å². The Kier molecular flexibility index (Phi) is 16.1. The quantitative estimate of drug-likeness (QED) is 0.155. The van der Waals surface area contributed by atoms with Crippen molar-refractivity contribution < 1.29 is 26.9 Å². The molecule has 0 saturated carbocycles. The Morgan fingerprint density at radius 1 is 1.00 bits per heavy atom. The van der Waals surface area contributed by atoms with Gasteiger partial charge >= 0.3 is 10.1 Å². The van der Waals surface area contributed by atoms with E-state index in [1.54, 1.807) is 0 Å². The van der Waals surface area contributed by atoms with Crippen molar-refractivity contribution in [1.82, 2.24) is 0 Å². The molecule has 0 fully saturated rings. The second-order valence-corrected chi connectivity index (χ2v) is 9.44.